The molecule has 4 rings (SSSR count). The van der Waals surface area contributed by atoms with Gasteiger partial charge < -0.3 is 10.1 Å². The zero-order valence-electron chi connectivity index (χ0n) is 15.0. The molecule has 0 spiro atoms. The molecular weight excluding hydrogens is 342 g/mol. The molecule has 140 valence electrons. The van der Waals surface area contributed by atoms with E-state index in [0.29, 0.717) is 22.9 Å². The van der Waals surface area contributed by atoms with Crippen molar-refractivity contribution in [2.45, 2.75) is 25.3 Å². The summed E-state index contributed by atoms with van der Waals surface area (Å²) in [5.41, 5.74) is 7.63. The maximum atomic E-state index is 12.6. The fraction of sp³-hybridized carbons (Fsp3) is 0.333. The number of hydrogen-bond donors (Lipinski definition) is 3. The van der Waals surface area contributed by atoms with E-state index in [1.165, 1.54) is 0 Å². The molecule has 1 heterocycles. The number of anilines is 1. The third kappa shape index (κ3) is 4.02. The van der Waals surface area contributed by atoms with E-state index in [1.807, 2.05) is 18.2 Å². The summed E-state index contributed by atoms with van der Waals surface area (Å²) in [6, 6.07) is 16.1. The summed E-state index contributed by atoms with van der Waals surface area (Å²) in [7, 11) is 0. The number of carbonyl (C=O) groups excluding carboxylic acids is 2. The highest BCUT2D eigenvalue weighted by Crippen LogP contribution is 2.32. The lowest BCUT2D eigenvalue weighted by Crippen LogP contribution is -2.45. The Kier molecular flexibility index (Phi) is 5.18. The van der Waals surface area contributed by atoms with Crippen LogP contribution in [0.2, 0.25) is 0 Å². The molecule has 0 aromatic heterocycles. The van der Waals surface area contributed by atoms with Gasteiger partial charge in [0.25, 0.3) is 5.91 Å². The maximum Gasteiger partial charge on any atom is 0.315 e. The first-order chi connectivity index (χ1) is 13.2. The van der Waals surface area contributed by atoms with Crippen molar-refractivity contribution in [1.29, 1.82) is 0 Å². The van der Waals surface area contributed by atoms with Crippen molar-refractivity contribution in [1.82, 2.24) is 10.9 Å². The third-order valence-electron chi connectivity index (χ3n) is 5.33. The smallest absolute Gasteiger partial charge is 0.315 e. The van der Waals surface area contributed by atoms with Crippen molar-refractivity contribution in [2.24, 2.45) is 11.8 Å². The minimum Gasteiger partial charge on any atom is -0.426 e. The van der Waals surface area contributed by atoms with Gasteiger partial charge in [-0.2, -0.15) is 0 Å². The second-order valence-electron chi connectivity index (χ2n) is 7.11. The zero-order valence-corrected chi connectivity index (χ0v) is 15.0. The number of benzene rings is 2. The number of amides is 1. The van der Waals surface area contributed by atoms with E-state index in [4.69, 9.17) is 4.74 Å². The summed E-state index contributed by atoms with van der Waals surface area (Å²) < 4.78 is 5.59. The van der Waals surface area contributed by atoms with Gasteiger partial charge in [-0.15, -0.1) is 0 Å². The molecule has 1 amide bonds. The molecule has 0 radical (unpaired) electrons. The van der Waals surface area contributed by atoms with Crippen LogP contribution in [0.5, 0.6) is 5.75 Å². The molecule has 2 aromatic rings. The Morgan fingerprint density at radius 3 is 2.56 bits per heavy atom. The van der Waals surface area contributed by atoms with E-state index in [2.05, 4.69) is 16.2 Å². The van der Waals surface area contributed by atoms with Crippen LogP contribution in [-0.2, 0) is 4.79 Å². The highest BCUT2D eigenvalue weighted by molar-refractivity contribution is 6.04. The van der Waals surface area contributed by atoms with Gasteiger partial charge in [0.1, 0.15) is 5.75 Å². The van der Waals surface area contributed by atoms with Crippen molar-refractivity contribution < 1.29 is 14.3 Å². The molecule has 2 aromatic carbocycles. The molecule has 27 heavy (non-hydrogen) atoms. The van der Waals surface area contributed by atoms with E-state index in [9.17, 15) is 9.59 Å². The lowest BCUT2D eigenvalue weighted by molar-refractivity contribution is -0.141. The zero-order chi connectivity index (χ0) is 18.6. The van der Waals surface area contributed by atoms with E-state index in [-0.39, 0.29) is 23.8 Å². The van der Waals surface area contributed by atoms with E-state index >= 15 is 0 Å². The molecule has 6 heteroatoms. The number of nitrogens with one attached hydrogen (secondary N) is 3. The van der Waals surface area contributed by atoms with Crippen LogP contribution >= 0.6 is 0 Å². The molecule has 1 saturated carbocycles. The van der Waals surface area contributed by atoms with Gasteiger partial charge in [0, 0.05) is 23.8 Å². The van der Waals surface area contributed by atoms with Crippen molar-refractivity contribution in [2.75, 3.05) is 11.9 Å². The number of ether oxygens (including phenoxy) is 1. The van der Waals surface area contributed by atoms with Crippen molar-refractivity contribution in [3.63, 3.8) is 0 Å². The first-order valence-corrected chi connectivity index (χ1v) is 9.37. The number of hydrogen-bond acceptors (Lipinski definition) is 5. The van der Waals surface area contributed by atoms with Crippen LogP contribution in [0, 0.1) is 11.8 Å². The topological polar surface area (TPSA) is 79.5 Å². The lowest BCUT2D eigenvalue weighted by atomic mass is 9.78. The minimum atomic E-state index is -0.193. The van der Waals surface area contributed by atoms with Crippen LogP contribution < -0.4 is 20.9 Å². The Balaban J connectivity index is 1.36. The molecular formula is C21H23N3O3. The SMILES string of the molecule is O=C(Nc1ccc(OC(=O)C2CCCC3CNNC32)cc1)c1ccccc1. The average Bonchev–Trinajstić information content (AvgIpc) is 3.19. The van der Waals surface area contributed by atoms with E-state index in [1.54, 1.807) is 36.4 Å². The summed E-state index contributed by atoms with van der Waals surface area (Å²) in [5, 5.41) is 2.83. The average molecular weight is 365 g/mol. The van der Waals surface area contributed by atoms with Crippen molar-refractivity contribution >= 4 is 17.6 Å². The predicted octanol–water partition coefficient (Wildman–Crippen LogP) is 2.74. The fourth-order valence-electron chi connectivity index (χ4n) is 3.90. The van der Waals surface area contributed by atoms with Gasteiger partial charge in [-0.25, -0.2) is 0 Å². The second-order valence-corrected chi connectivity index (χ2v) is 7.11. The first kappa shape index (κ1) is 17.7. The number of hydrazine groups is 1. The molecule has 1 saturated heterocycles. The highest BCUT2D eigenvalue weighted by Gasteiger charge is 2.41. The molecule has 2 aliphatic rings. The second kappa shape index (κ2) is 7.90. The van der Waals surface area contributed by atoms with Crippen LogP contribution in [0.3, 0.4) is 0 Å². The number of esters is 1. The van der Waals surface area contributed by atoms with Crippen LogP contribution in [-0.4, -0.2) is 24.5 Å². The summed E-state index contributed by atoms with van der Waals surface area (Å²) in [6.07, 6.45) is 3.04. The molecule has 3 unspecified atom stereocenters. The highest BCUT2D eigenvalue weighted by atomic mass is 16.5. The molecule has 6 nitrogen and oxygen atoms in total. The Hall–Kier alpha value is -2.70. The molecule has 0 bridgehead atoms. The molecule has 3 N–H and O–H groups in total. The largest absolute Gasteiger partial charge is 0.426 e. The van der Waals surface area contributed by atoms with E-state index < -0.39 is 0 Å². The monoisotopic (exact) mass is 365 g/mol. The summed E-state index contributed by atoms with van der Waals surface area (Å²) in [5.74, 6) is 0.490. The van der Waals surface area contributed by atoms with Crippen LogP contribution in [0.15, 0.2) is 54.6 Å². The van der Waals surface area contributed by atoms with Gasteiger partial charge in [0.05, 0.1) is 5.92 Å². The van der Waals surface area contributed by atoms with Gasteiger partial charge in [0.15, 0.2) is 0 Å². The molecule has 2 fully saturated rings. The predicted molar refractivity (Wildman–Crippen MR) is 102 cm³/mol. The van der Waals surface area contributed by atoms with Crippen molar-refractivity contribution in [3.8, 4) is 5.75 Å². The van der Waals surface area contributed by atoms with Gasteiger partial charge >= 0.3 is 5.97 Å². The Morgan fingerprint density at radius 2 is 1.78 bits per heavy atom. The molecule has 1 aliphatic carbocycles. The number of rotatable bonds is 4. The summed E-state index contributed by atoms with van der Waals surface area (Å²) >= 11 is 0. The maximum absolute atomic E-state index is 12.6. The molecule has 1 aliphatic heterocycles. The number of fused-ring (bicyclic) bond motifs is 1. The van der Waals surface area contributed by atoms with Crippen LogP contribution in [0.4, 0.5) is 5.69 Å². The number of carbonyl (C=O) groups is 2. The standard InChI is InChI=1S/C21H23N3O3/c25-20(14-5-2-1-3-6-14)23-16-9-11-17(12-10-16)27-21(26)18-8-4-7-15-13-22-24-19(15)18/h1-3,5-6,9-12,15,18-19,22,24H,4,7-8,13H2,(H,23,25). The lowest BCUT2D eigenvalue weighted by Gasteiger charge is -2.30. The van der Waals surface area contributed by atoms with E-state index in [0.717, 1.165) is 25.8 Å². The van der Waals surface area contributed by atoms with Crippen LogP contribution in [0.1, 0.15) is 29.6 Å². The summed E-state index contributed by atoms with van der Waals surface area (Å²) in [4.78, 5) is 24.8. The quantitative estimate of drug-likeness (QED) is 0.574. The third-order valence-corrected chi connectivity index (χ3v) is 5.33. The van der Waals surface area contributed by atoms with Crippen molar-refractivity contribution in [3.05, 3.63) is 60.2 Å². The van der Waals surface area contributed by atoms with Gasteiger partial charge in [0.2, 0.25) is 0 Å². The summed E-state index contributed by atoms with van der Waals surface area (Å²) in [6.45, 7) is 0.907. The Bertz CT molecular complexity index is 807. The van der Waals surface area contributed by atoms with Gasteiger partial charge in [-0.1, -0.05) is 24.6 Å². The fourth-order valence-corrected chi connectivity index (χ4v) is 3.90. The van der Waals surface area contributed by atoms with Gasteiger partial charge in [-0.3, -0.25) is 20.4 Å². The van der Waals surface area contributed by atoms with Crippen LogP contribution in [0.25, 0.3) is 0 Å². The first-order valence-electron chi connectivity index (χ1n) is 9.37. The normalized spacial score (nSPS) is 24.1. The minimum absolute atomic E-state index is 0.129. The van der Waals surface area contributed by atoms with Gasteiger partial charge in [-0.05, 0) is 55.2 Å². The Labute approximate surface area is 158 Å². The Morgan fingerprint density at radius 1 is 1.00 bits per heavy atom. The molecule has 3 atom stereocenters.